The fourth-order valence-corrected chi connectivity index (χ4v) is 6.19. The summed E-state index contributed by atoms with van der Waals surface area (Å²) >= 11 is 0. The monoisotopic (exact) mass is 614 g/mol. The molecule has 0 saturated carbocycles. The van der Waals surface area contributed by atoms with E-state index in [1.54, 1.807) is 0 Å². The van der Waals surface area contributed by atoms with Gasteiger partial charge in [0.1, 0.15) is 17.5 Å². The van der Waals surface area contributed by atoms with Gasteiger partial charge in [0.25, 0.3) is 0 Å². The largest absolute Gasteiger partial charge is 1.00 e. The third-order valence-electron chi connectivity index (χ3n) is 9.12. The van der Waals surface area contributed by atoms with Gasteiger partial charge in [0, 0.05) is 12.8 Å². The van der Waals surface area contributed by atoms with Crippen LogP contribution in [0.4, 0.5) is 0 Å². The van der Waals surface area contributed by atoms with Crippen molar-refractivity contribution in [3.63, 3.8) is 0 Å². The SMILES string of the molecule is CCCCCCCCCCCCCCCCCC(=O)C(C[NH3+])C(=O)CCCCCCCCCCCCCCCCC.[Cl-]. The van der Waals surface area contributed by atoms with Crippen LogP contribution in [0.5, 0.6) is 0 Å². The summed E-state index contributed by atoms with van der Waals surface area (Å²) in [6, 6.07) is 0. The summed E-state index contributed by atoms with van der Waals surface area (Å²) in [4.78, 5) is 25.3. The second-order valence-corrected chi connectivity index (χ2v) is 13.2. The topological polar surface area (TPSA) is 61.8 Å². The summed E-state index contributed by atoms with van der Waals surface area (Å²) in [7, 11) is 0. The third-order valence-corrected chi connectivity index (χ3v) is 9.12. The average Bonchev–Trinajstić information content (AvgIpc) is 2.97. The summed E-state index contributed by atoms with van der Waals surface area (Å²) in [6.45, 7) is 5.00. The van der Waals surface area contributed by atoms with E-state index < -0.39 is 5.92 Å². The molecule has 0 saturated heterocycles. The molecule has 0 amide bonds. The van der Waals surface area contributed by atoms with E-state index in [2.05, 4.69) is 19.6 Å². The highest BCUT2D eigenvalue weighted by Crippen LogP contribution is 2.17. The molecule has 0 aliphatic rings. The second kappa shape index (κ2) is 36.8. The van der Waals surface area contributed by atoms with Crippen LogP contribution in [0, 0.1) is 5.92 Å². The van der Waals surface area contributed by atoms with Crippen molar-refractivity contribution in [3.8, 4) is 0 Å². The number of Topliss-reactive ketones (excluding diaryl/α,β-unsaturated/α-hetero) is 2. The quantitative estimate of drug-likeness (QED) is 0.0575. The Labute approximate surface area is 270 Å². The minimum atomic E-state index is -0.437. The first kappa shape index (κ1) is 43.7. The van der Waals surface area contributed by atoms with Gasteiger partial charge >= 0.3 is 0 Å². The number of hydrogen-bond acceptors (Lipinski definition) is 2. The molecule has 0 unspecified atom stereocenters. The van der Waals surface area contributed by atoms with Crippen molar-refractivity contribution in [2.24, 2.45) is 5.92 Å². The van der Waals surface area contributed by atoms with Crippen LogP contribution in [-0.2, 0) is 9.59 Å². The fourth-order valence-electron chi connectivity index (χ4n) is 6.19. The molecule has 0 aliphatic carbocycles. The van der Waals surface area contributed by atoms with E-state index in [4.69, 9.17) is 0 Å². The molecule has 0 aromatic rings. The van der Waals surface area contributed by atoms with Gasteiger partial charge in [-0.3, -0.25) is 9.59 Å². The standard InChI is InChI=1S/C38H75NO2.ClH/c1-3-5-7-9-11-13-15-17-19-21-23-25-27-29-31-33-37(40)36(35-39)38(41)34-32-30-28-26-24-22-20-18-16-14-12-10-8-6-4-2;/h36H,3-35,39H2,1-2H3;1H. The molecule has 0 atom stereocenters. The molecule has 3 nitrogen and oxygen atoms in total. The van der Waals surface area contributed by atoms with Crippen LogP contribution in [0.2, 0.25) is 0 Å². The lowest BCUT2D eigenvalue weighted by atomic mass is 9.91. The molecule has 4 heteroatoms. The second-order valence-electron chi connectivity index (χ2n) is 13.2. The summed E-state index contributed by atoms with van der Waals surface area (Å²) < 4.78 is 0. The van der Waals surface area contributed by atoms with Crippen molar-refractivity contribution in [2.75, 3.05) is 6.54 Å². The lowest BCUT2D eigenvalue weighted by Gasteiger charge is -2.11. The number of halogens is 1. The highest BCUT2D eigenvalue weighted by atomic mass is 35.5. The number of hydrogen-bond donors (Lipinski definition) is 1. The van der Waals surface area contributed by atoms with Crippen LogP contribution in [0.25, 0.3) is 0 Å². The Kier molecular flexibility index (Phi) is 38.3. The van der Waals surface area contributed by atoms with Gasteiger partial charge in [0.15, 0.2) is 0 Å². The molecular weight excluding hydrogens is 538 g/mol. The van der Waals surface area contributed by atoms with Crippen molar-refractivity contribution >= 4 is 11.6 Å². The van der Waals surface area contributed by atoms with Gasteiger partial charge in [-0.2, -0.15) is 0 Å². The van der Waals surface area contributed by atoms with Crippen molar-refractivity contribution in [2.45, 2.75) is 219 Å². The molecule has 0 bridgehead atoms. The van der Waals surface area contributed by atoms with Crippen molar-refractivity contribution < 1.29 is 27.7 Å². The first-order chi connectivity index (χ1) is 20.2. The molecule has 252 valence electrons. The Hall–Kier alpha value is -0.410. The van der Waals surface area contributed by atoms with Gasteiger partial charge in [0.05, 0.1) is 6.54 Å². The highest BCUT2D eigenvalue weighted by Gasteiger charge is 2.25. The van der Waals surface area contributed by atoms with Crippen molar-refractivity contribution in [3.05, 3.63) is 0 Å². The molecule has 0 radical (unpaired) electrons. The first-order valence-electron chi connectivity index (χ1n) is 19.0. The Morgan fingerprint density at radius 2 is 0.571 bits per heavy atom. The van der Waals surface area contributed by atoms with Gasteiger partial charge in [0.2, 0.25) is 0 Å². The van der Waals surface area contributed by atoms with Crippen LogP contribution in [0.1, 0.15) is 219 Å². The highest BCUT2D eigenvalue weighted by molar-refractivity contribution is 6.02. The maximum Gasteiger partial charge on any atom is 0.149 e. The Balaban J connectivity index is 0. The maximum absolute atomic E-state index is 12.6. The van der Waals surface area contributed by atoms with E-state index in [9.17, 15) is 9.59 Å². The van der Waals surface area contributed by atoms with Crippen molar-refractivity contribution in [1.29, 1.82) is 0 Å². The molecule has 0 heterocycles. The lowest BCUT2D eigenvalue weighted by Crippen LogP contribution is -3.00. The molecular formula is C38H76ClNO2. The predicted octanol–water partition coefficient (Wildman–Crippen LogP) is 8.51. The van der Waals surface area contributed by atoms with Gasteiger partial charge in [-0.1, -0.05) is 194 Å². The van der Waals surface area contributed by atoms with Gasteiger partial charge < -0.3 is 18.1 Å². The number of unbranched alkanes of at least 4 members (excludes halogenated alkanes) is 28. The van der Waals surface area contributed by atoms with Crippen LogP contribution >= 0.6 is 0 Å². The minimum absolute atomic E-state index is 0. The van der Waals surface area contributed by atoms with E-state index in [1.807, 2.05) is 0 Å². The average molecular weight is 614 g/mol. The zero-order valence-electron chi connectivity index (χ0n) is 28.8. The molecule has 3 N–H and O–H groups in total. The van der Waals surface area contributed by atoms with E-state index in [0.717, 1.165) is 25.7 Å². The minimum Gasteiger partial charge on any atom is -1.00 e. The number of carbonyl (C=O) groups excluding carboxylic acids is 2. The molecule has 0 rings (SSSR count). The molecule has 0 fully saturated rings. The zero-order valence-corrected chi connectivity index (χ0v) is 29.6. The summed E-state index contributed by atoms with van der Waals surface area (Å²) in [5.41, 5.74) is 3.93. The summed E-state index contributed by atoms with van der Waals surface area (Å²) in [5, 5.41) is 0. The molecule has 0 aromatic carbocycles. The van der Waals surface area contributed by atoms with Gasteiger partial charge in [-0.15, -0.1) is 0 Å². The van der Waals surface area contributed by atoms with Crippen LogP contribution in [0.3, 0.4) is 0 Å². The fraction of sp³-hybridized carbons (Fsp3) is 0.947. The Bertz CT molecular complexity index is 507. The van der Waals surface area contributed by atoms with Crippen LogP contribution in [-0.4, -0.2) is 18.1 Å². The normalized spacial score (nSPS) is 11.2. The molecule has 0 aliphatic heterocycles. The van der Waals surface area contributed by atoms with Crippen LogP contribution < -0.4 is 18.1 Å². The van der Waals surface area contributed by atoms with E-state index in [0.29, 0.717) is 19.4 Å². The summed E-state index contributed by atoms with van der Waals surface area (Å²) in [5.74, 6) is -0.130. The number of ketones is 2. The third kappa shape index (κ3) is 31.0. The molecule has 42 heavy (non-hydrogen) atoms. The Morgan fingerprint density at radius 1 is 0.381 bits per heavy atom. The number of rotatable bonds is 35. The van der Waals surface area contributed by atoms with Gasteiger partial charge in [-0.25, -0.2) is 0 Å². The lowest BCUT2D eigenvalue weighted by molar-refractivity contribution is -0.372. The van der Waals surface area contributed by atoms with E-state index in [1.165, 1.54) is 167 Å². The maximum atomic E-state index is 12.6. The smallest absolute Gasteiger partial charge is 0.149 e. The van der Waals surface area contributed by atoms with Crippen molar-refractivity contribution in [1.82, 2.24) is 0 Å². The molecule has 0 spiro atoms. The molecule has 0 aromatic heterocycles. The number of carbonyl (C=O) groups is 2. The Morgan fingerprint density at radius 3 is 0.762 bits per heavy atom. The van der Waals surface area contributed by atoms with E-state index >= 15 is 0 Å². The van der Waals surface area contributed by atoms with Crippen LogP contribution in [0.15, 0.2) is 0 Å². The zero-order chi connectivity index (χ0) is 30.1. The van der Waals surface area contributed by atoms with E-state index in [-0.39, 0.29) is 24.0 Å². The summed E-state index contributed by atoms with van der Waals surface area (Å²) in [6.07, 6.45) is 41.1. The first-order valence-corrected chi connectivity index (χ1v) is 19.0. The predicted molar refractivity (Wildman–Crippen MR) is 180 cm³/mol. The van der Waals surface area contributed by atoms with Gasteiger partial charge in [-0.05, 0) is 12.8 Å². The number of quaternary nitrogens is 1.